The summed E-state index contributed by atoms with van der Waals surface area (Å²) >= 11 is 5.64. The molecule has 1 amide bonds. The van der Waals surface area contributed by atoms with Gasteiger partial charge < -0.3 is 14.4 Å². The molecule has 0 atom stereocenters. The van der Waals surface area contributed by atoms with Crippen molar-refractivity contribution in [2.75, 3.05) is 20.2 Å². The van der Waals surface area contributed by atoms with Crippen LogP contribution in [0.5, 0.6) is 5.75 Å². The fourth-order valence-electron chi connectivity index (χ4n) is 1.32. The predicted molar refractivity (Wildman–Crippen MR) is 75.8 cm³/mol. The topological polar surface area (TPSA) is 38.8 Å². The van der Waals surface area contributed by atoms with Crippen LogP contribution in [-0.2, 0) is 4.74 Å². The van der Waals surface area contributed by atoms with E-state index in [9.17, 15) is 9.18 Å². The molecule has 4 nitrogen and oxygen atoms in total. The molecular weight excluding hydrogens is 285 g/mol. The van der Waals surface area contributed by atoms with E-state index in [4.69, 9.17) is 21.1 Å². The first-order valence-corrected chi connectivity index (χ1v) is 6.59. The first kappa shape index (κ1) is 16.6. The Morgan fingerprint density at radius 3 is 2.60 bits per heavy atom. The van der Waals surface area contributed by atoms with Crippen molar-refractivity contribution in [2.24, 2.45) is 0 Å². The van der Waals surface area contributed by atoms with Gasteiger partial charge in [0.05, 0.1) is 6.54 Å². The van der Waals surface area contributed by atoms with E-state index in [-0.39, 0.29) is 18.9 Å². The number of rotatable bonds is 4. The second kappa shape index (κ2) is 6.79. The molecule has 0 unspecified atom stereocenters. The number of carbonyl (C=O) groups excluding carboxylic acids is 1. The molecule has 0 saturated heterocycles. The van der Waals surface area contributed by atoms with Gasteiger partial charge in [-0.3, -0.25) is 0 Å². The number of hydrogen-bond acceptors (Lipinski definition) is 3. The highest BCUT2D eigenvalue weighted by atomic mass is 35.5. The quantitative estimate of drug-likeness (QED) is 0.851. The molecule has 0 aliphatic rings. The maximum Gasteiger partial charge on any atom is 0.410 e. The van der Waals surface area contributed by atoms with E-state index >= 15 is 0 Å². The van der Waals surface area contributed by atoms with E-state index in [0.29, 0.717) is 5.02 Å². The monoisotopic (exact) mass is 303 g/mol. The Labute approximate surface area is 123 Å². The molecule has 1 aromatic rings. The van der Waals surface area contributed by atoms with Crippen molar-refractivity contribution in [1.82, 2.24) is 4.90 Å². The van der Waals surface area contributed by atoms with Crippen molar-refractivity contribution < 1.29 is 18.7 Å². The highest BCUT2D eigenvalue weighted by Crippen LogP contribution is 2.20. The molecule has 6 heteroatoms. The van der Waals surface area contributed by atoms with Crippen molar-refractivity contribution in [3.8, 4) is 5.75 Å². The molecule has 0 radical (unpaired) electrons. The SMILES string of the molecule is CN(CCOc1ccc(Cl)cc1F)C(=O)OC(C)(C)C. The van der Waals surface area contributed by atoms with Crippen LogP contribution in [0.2, 0.25) is 5.02 Å². The number of benzene rings is 1. The fraction of sp³-hybridized carbons (Fsp3) is 0.500. The Bertz CT molecular complexity index is 474. The lowest BCUT2D eigenvalue weighted by Gasteiger charge is -2.24. The van der Waals surface area contributed by atoms with Gasteiger partial charge in [-0.1, -0.05) is 11.6 Å². The molecule has 112 valence electrons. The highest BCUT2D eigenvalue weighted by Gasteiger charge is 2.19. The molecule has 0 fully saturated rings. The number of carbonyl (C=O) groups is 1. The molecule has 0 spiro atoms. The molecule has 0 heterocycles. The van der Waals surface area contributed by atoms with Crippen LogP contribution in [0.3, 0.4) is 0 Å². The Morgan fingerprint density at radius 2 is 2.05 bits per heavy atom. The zero-order valence-corrected chi connectivity index (χ0v) is 12.8. The fourth-order valence-corrected chi connectivity index (χ4v) is 1.47. The van der Waals surface area contributed by atoms with E-state index in [1.807, 2.05) is 0 Å². The molecular formula is C14H19ClFNO3. The highest BCUT2D eigenvalue weighted by molar-refractivity contribution is 6.30. The predicted octanol–water partition coefficient (Wildman–Crippen LogP) is 3.72. The van der Waals surface area contributed by atoms with Gasteiger partial charge >= 0.3 is 6.09 Å². The third kappa shape index (κ3) is 5.65. The van der Waals surface area contributed by atoms with Gasteiger partial charge in [-0.05, 0) is 39.0 Å². The number of ether oxygens (including phenoxy) is 2. The molecule has 0 saturated carbocycles. The molecule has 1 rings (SSSR count). The Balaban J connectivity index is 2.42. The zero-order chi connectivity index (χ0) is 15.3. The van der Waals surface area contributed by atoms with Crippen LogP contribution in [0.4, 0.5) is 9.18 Å². The Morgan fingerprint density at radius 1 is 1.40 bits per heavy atom. The number of halogens is 2. The van der Waals surface area contributed by atoms with E-state index in [1.165, 1.54) is 23.1 Å². The van der Waals surface area contributed by atoms with Crippen LogP contribution in [0.1, 0.15) is 20.8 Å². The van der Waals surface area contributed by atoms with Crippen LogP contribution in [0.25, 0.3) is 0 Å². The minimum absolute atomic E-state index is 0.104. The largest absolute Gasteiger partial charge is 0.489 e. The second-order valence-electron chi connectivity index (χ2n) is 5.33. The summed E-state index contributed by atoms with van der Waals surface area (Å²) in [6, 6.07) is 4.16. The van der Waals surface area contributed by atoms with Crippen molar-refractivity contribution in [1.29, 1.82) is 0 Å². The summed E-state index contributed by atoms with van der Waals surface area (Å²) in [7, 11) is 1.59. The summed E-state index contributed by atoms with van der Waals surface area (Å²) in [6.07, 6.45) is -0.447. The smallest absolute Gasteiger partial charge is 0.410 e. The number of amides is 1. The third-order valence-corrected chi connectivity index (χ3v) is 2.52. The zero-order valence-electron chi connectivity index (χ0n) is 12.1. The average Bonchev–Trinajstić information content (AvgIpc) is 2.29. The normalized spacial score (nSPS) is 11.1. The first-order valence-electron chi connectivity index (χ1n) is 6.21. The van der Waals surface area contributed by atoms with Gasteiger partial charge in [-0.2, -0.15) is 0 Å². The van der Waals surface area contributed by atoms with Crippen molar-refractivity contribution in [3.63, 3.8) is 0 Å². The van der Waals surface area contributed by atoms with Crippen molar-refractivity contribution in [3.05, 3.63) is 29.0 Å². The average molecular weight is 304 g/mol. The van der Waals surface area contributed by atoms with Gasteiger partial charge in [0.1, 0.15) is 12.2 Å². The van der Waals surface area contributed by atoms with Crippen LogP contribution in [0.15, 0.2) is 18.2 Å². The molecule has 1 aromatic carbocycles. The number of nitrogens with zero attached hydrogens (tertiary/aromatic N) is 1. The molecule has 0 aliphatic heterocycles. The second-order valence-corrected chi connectivity index (χ2v) is 5.76. The van der Waals surface area contributed by atoms with Gasteiger partial charge in [0.25, 0.3) is 0 Å². The molecule has 20 heavy (non-hydrogen) atoms. The number of likely N-dealkylation sites (N-methyl/N-ethyl adjacent to an activating group) is 1. The summed E-state index contributed by atoms with van der Waals surface area (Å²) in [6.45, 7) is 5.82. The lowest BCUT2D eigenvalue weighted by atomic mass is 10.2. The molecule has 0 bridgehead atoms. The standard InChI is InChI=1S/C14H19ClFNO3/c1-14(2,3)20-13(18)17(4)7-8-19-12-6-5-10(15)9-11(12)16/h5-6,9H,7-8H2,1-4H3. The van der Waals surface area contributed by atoms with E-state index in [1.54, 1.807) is 27.8 Å². The maximum absolute atomic E-state index is 13.4. The van der Waals surface area contributed by atoms with Gasteiger partial charge in [0, 0.05) is 12.1 Å². The molecule has 0 aromatic heterocycles. The van der Waals surface area contributed by atoms with Gasteiger partial charge in [0.15, 0.2) is 11.6 Å². The minimum Gasteiger partial charge on any atom is -0.489 e. The van der Waals surface area contributed by atoms with Crippen molar-refractivity contribution >= 4 is 17.7 Å². The summed E-state index contributed by atoms with van der Waals surface area (Å²) < 4.78 is 23.9. The van der Waals surface area contributed by atoms with Crippen LogP contribution >= 0.6 is 11.6 Å². The number of hydrogen-bond donors (Lipinski definition) is 0. The minimum atomic E-state index is -0.547. The maximum atomic E-state index is 13.4. The van der Waals surface area contributed by atoms with Gasteiger partial charge in [-0.25, -0.2) is 9.18 Å². The summed E-state index contributed by atoms with van der Waals surface area (Å²) in [4.78, 5) is 13.0. The van der Waals surface area contributed by atoms with E-state index < -0.39 is 17.5 Å². The third-order valence-electron chi connectivity index (χ3n) is 2.28. The lowest BCUT2D eigenvalue weighted by Crippen LogP contribution is -2.36. The Kier molecular flexibility index (Phi) is 5.62. The lowest BCUT2D eigenvalue weighted by molar-refractivity contribution is 0.0277. The van der Waals surface area contributed by atoms with Gasteiger partial charge in [0.2, 0.25) is 0 Å². The summed E-state index contributed by atoms with van der Waals surface area (Å²) in [5.74, 6) is -0.426. The van der Waals surface area contributed by atoms with Crippen LogP contribution in [-0.4, -0.2) is 36.8 Å². The Hall–Kier alpha value is -1.49. The van der Waals surface area contributed by atoms with Crippen LogP contribution in [0, 0.1) is 5.82 Å². The summed E-state index contributed by atoms with van der Waals surface area (Å²) in [5.41, 5.74) is -0.547. The van der Waals surface area contributed by atoms with Crippen molar-refractivity contribution in [2.45, 2.75) is 26.4 Å². The summed E-state index contributed by atoms with van der Waals surface area (Å²) in [5, 5.41) is 0.306. The first-order chi connectivity index (χ1) is 9.19. The van der Waals surface area contributed by atoms with Gasteiger partial charge in [-0.15, -0.1) is 0 Å². The van der Waals surface area contributed by atoms with E-state index in [2.05, 4.69) is 0 Å². The molecule has 0 N–H and O–H groups in total. The van der Waals surface area contributed by atoms with E-state index in [0.717, 1.165) is 0 Å². The molecule has 0 aliphatic carbocycles. The van der Waals surface area contributed by atoms with Crippen LogP contribution < -0.4 is 4.74 Å².